The first-order valence-corrected chi connectivity index (χ1v) is 6.80. The monoisotopic (exact) mass is 282 g/mol. The van der Waals surface area contributed by atoms with Gasteiger partial charge in [0.05, 0.1) is 23.8 Å². The van der Waals surface area contributed by atoms with Gasteiger partial charge in [-0.3, -0.25) is 10.3 Å². The van der Waals surface area contributed by atoms with Gasteiger partial charge in [-0.05, 0) is 18.6 Å². The maximum atomic E-state index is 5.42. The molecule has 0 aromatic carbocycles. The van der Waals surface area contributed by atoms with Gasteiger partial charge in [0.15, 0.2) is 0 Å². The van der Waals surface area contributed by atoms with Crippen molar-refractivity contribution in [3.05, 3.63) is 47.6 Å². The number of nitrogens with zero attached hydrogens (tertiary/aromatic N) is 4. The molecule has 0 fully saturated rings. The van der Waals surface area contributed by atoms with E-state index >= 15 is 0 Å². The number of hydrogen-bond acceptors (Lipinski definition) is 6. The van der Waals surface area contributed by atoms with Crippen molar-refractivity contribution in [2.24, 2.45) is 0 Å². The third kappa shape index (κ3) is 2.11. The van der Waals surface area contributed by atoms with E-state index in [2.05, 4.69) is 30.4 Å². The quantitative estimate of drug-likeness (QED) is 0.741. The Kier molecular flexibility index (Phi) is 2.78. The Balaban J connectivity index is 1.62. The van der Waals surface area contributed by atoms with Gasteiger partial charge in [-0.25, -0.2) is 4.98 Å². The lowest BCUT2D eigenvalue weighted by molar-refractivity contribution is 0.319. The summed E-state index contributed by atoms with van der Waals surface area (Å²) in [4.78, 5) is 16.0. The fourth-order valence-electron chi connectivity index (χ4n) is 2.55. The standard InChI is InChI=1S/C14H14N6O/c1-8-5-15-3-2-9(8)13-19-14(21-20-13)11-4-10-12(6-16-11)18-7-17-10/h2-3,5,7,11,16H,4,6H2,1H3,(H,17,18). The minimum absolute atomic E-state index is 0.00388. The van der Waals surface area contributed by atoms with Crippen molar-refractivity contribution in [2.75, 3.05) is 0 Å². The molecule has 7 nitrogen and oxygen atoms in total. The van der Waals surface area contributed by atoms with Gasteiger partial charge in [-0.2, -0.15) is 4.98 Å². The smallest absolute Gasteiger partial charge is 0.244 e. The van der Waals surface area contributed by atoms with E-state index in [0.29, 0.717) is 11.7 Å². The van der Waals surface area contributed by atoms with Crippen molar-refractivity contribution in [1.29, 1.82) is 0 Å². The third-order valence-corrected chi connectivity index (χ3v) is 3.73. The van der Waals surface area contributed by atoms with Crippen molar-refractivity contribution in [3.63, 3.8) is 0 Å². The number of rotatable bonds is 2. The highest BCUT2D eigenvalue weighted by molar-refractivity contribution is 5.58. The predicted molar refractivity (Wildman–Crippen MR) is 74.1 cm³/mol. The summed E-state index contributed by atoms with van der Waals surface area (Å²) in [7, 11) is 0. The number of aromatic amines is 1. The van der Waals surface area contributed by atoms with E-state index in [1.165, 1.54) is 0 Å². The molecule has 0 amide bonds. The van der Waals surface area contributed by atoms with E-state index in [0.717, 1.165) is 35.5 Å². The second-order valence-electron chi connectivity index (χ2n) is 5.11. The molecule has 0 spiro atoms. The summed E-state index contributed by atoms with van der Waals surface area (Å²) in [5.74, 6) is 1.19. The first kappa shape index (κ1) is 12.2. The summed E-state index contributed by atoms with van der Waals surface area (Å²) in [6, 6.07) is 1.90. The van der Waals surface area contributed by atoms with Crippen LogP contribution >= 0.6 is 0 Å². The largest absolute Gasteiger partial charge is 0.347 e. The van der Waals surface area contributed by atoms with Gasteiger partial charge in [0.2, 0.25) is 11.7 Å². The lowest BCUT2D eigenvalue weighted by Gasteiger charge is -2.19. The molecule has 0 radical (unpaired) electrons. The summed E-state index contributed by atoms with van der Waals surface area (Å²) < 4.78 is 5.42. The van der Waals surface area contributed by atoms with Gasteiger partial charge in [0.1, 0.15) is 0 Å². The van der Waals surface area contributed by atoms with Crippen LogP contribution in [0.5, 0.6) is 0 Å². The topological polar surface area (TPSA) is 92.5 Å². The van der Waals surface area contributed by atoms with E-state index in [9.17, 15) is 0 Å². The summed E-state index contributed by atoms with van der Waals surface area (Å²) in [5.41, 5.74) is 4.14. The highest BCUT2D eigenvalue weighted by Gasteiger charge is 2.26. The van der Waals surface area contributed by atoms with Crippen LogP contribution in [0.15, 0.2) is 29.3 Å². The average molecular weight is 282 g/mol. The number of aromatic nitrogens is 5. The minimum atomic E-state index is 0.00388. The Morgan fingerprint density at radius 1 is 1.38 bits per heavy atom. The molecule has 4 heterocycles. The highest BCUT2D eigenvalue weighted by Crippen LogP contribution is 2.25. The molecular formula is C14H14N6O. The van der Waals surface area contributed by atoms with E-state index in [1.807, 2.05) is 13.0 Å². The van der Waals surface area contributed by atoms with Gasteiger partial charge in [0.25, 0.3) is 0 Å². The number of aryl methyl sites for hydroxylation is 1. The second-order valence-corrected chi connectivity index (χ2v) is 5.11. The van der Waals surface area contributed by atoms with E-state index < -0.39 is 0 Å². The lowest BCUT2D eigenvalue weighted by atomic mass is 10.1. The van der Waals surface area contributed by atoms with Crippen LogP contribution in [0.3, 0.4) is 0 Å². The number of pyridine rings is 1. The molecule has 3 aromatic heterocycles. The zero-order chi connectivity index (χ0) is 14.2. The molecule has 1 aliphatic rings. The summed E-state index contributed by atoms with van der Waals surface area (Å²) in [5, 5.41) is 7.46. The van der Waals surface area contributed by atoms with Crippen molar-refractivity contribution in [1.82, 2.24) is 30.4 Å². The Labute approximate surface area is 120 Å². The molecule has 1 unspecified atom stereocenters. The first-order valence-electron chi connectivity index (χ1n) is 6.80. The van der Waals surface area contributed by atoms with Crippen LogP contribution in [0.25, 0.3) is 11.4 Å². The molecule has 106 valence electrons. The summed E-state index contributed by atoms with van der Waals surface area (Å²) in [6.45, 7) is 2.71. The summed E-state index contributed by atoms with van der Waals surface area (Å²) in [6.07, 6.45) is 5.98. The highest BCUT2D eigenvalue weighted by atomic mass is 16.5. The maximum absolute atomic E-state index is 5.42. The molecule has 3 aromatic rings. The van der Waals surface area contributed by atoms with Crippen LogP contribution in [-0.4, -0.2) is 25.1 Å². The molecule has 0 aliphatic carbocycles. The fourth-order valence-corrected chi connectivity index (χ4v) is 2.55. The van der Waals surface area contributed by atoms with Crippen molar-refractivity contribution < 1.29 is 4.52 Å². The Morgan fingerprint density at radius 3 is 3.24 bits per heavy atom. The lowest BCUT2D eigenvalue weighted by Crippen LogP contribution is -2.28. The summed E-state index contributed by atoms with van der Waals surface area (Å²) >= 11 is 0. The molecule has 4 rings (SSSR count). The number of H-pyrrole nitrogens is 1. The van der Waals surface area contributed by atoms with Gasteiger partial charge in [-0.15, -0.1) is 0 Å². The molecule has 7 heteroatoms. The van der Waals surface area contributed by atoms with Crippen LogP contribution < -0.4 is 5.32 Å². The van der Waals surface area contributed by atoms with Crippen LogP contribution in [0, 0.1) is 6.92 Å². The fraction of sp³-hybridized carbons (Fsp3) is 0.286. The Bertz CT molecular complexity index is 777. The number of nitrogens with one attached hydrogen (secondary N) is 2. The van der Waals surface area contributed by atoms with E-state index in [4.69, 9.17) is 4.52 Å². The number of hydrogen-bond donors (Lipinski definition) is 2. The van der Waals surface area contributed by atoms with Crippen molar-refractivity contribution >= 4 is 0 Å². The third-order valence-electron chi connectivity index (χ3n) is 3.73. The molecule has 0 saturated carbocycles. The van der Waals surface area contributed by atoms with Gasteiger partial charge >= 0.3 is 0 Å². The predicted octanol–water partition coefficient (Wildman–Crippen LogP) is 1.55. The molecule has 0 saturated heterocycles. The minimum Gasteiger partial charge on any atom is -0.347 e. The zero-order valence-electron chi connectivity index (χ0n) is 11.5. The SMILES string of the molecule is Cc1cnccc1-c1noc(C2Cc3nc[nH]c3CN2)n1. The van der Waals surface area contributed by atoms with Crippen molar-refractivity contribution in [3.8, 4) is 11.4 Å². The van der Waals surface area contributed by atoms with E-state index in [1.54, 1.807) is 18.7 Å². The van der Waals surface area contributed by atoms with E-state index in [-0.39, 0.29) is 6.04 Å². The van der Waals surface area contributed by atoms with Crippen LogP contribution in [0.2, 0.25) is 0 Å². The molecule has 0 bridgehead atoms. The molecule has 2 N–H and O–H groups in total. The van der Waals surface area contributed by atoms with Gasteiger partial charge in [0, 0.05) is 30.9 Å². The molecular weight excluding hydrogens is 268 g/mol. The molecule has 1 atom stereocenters. The Morgan fingerprint density at radius 2 is 2.33 bits per heavy atom. The first-order chi connectivity index (χ1) is 10.3. The molecule has 1 aliphatic heterocycles. The van der Waals surface area contributed by atoms with Crippen LogP contribution in [0.1, 0.15) is 28.9 Å². The second kappa shape index (κ2) is 4.78. The number of imidazole rings is 1. The zero-order valence-corrected chi connectivity index (χ0v) is 11.5. The van der Waals surface area contributed by atoms with Gasteiger partial charge < -0.3 is 9.51 Å². The van der Waals surface area contributed by atoms with Crippen molar-refractivity contribution in [2.45, 2.75) is 25.9 Å². The van der Waals surface area contributed by atoms with Crippen LogP contribution in [0.4, 0.5) is 0 Å². The maximum Gasteiger partial charge on any atom is 0.244 e. The van der Waals surface area contributed by atoms with Crippen LogP contribution in [-0.2, 0) is 13.0 Å². The average Bonchev–Trinajstić information content (AvgIpc) is 3.16. The number of fused-ring (bicyclic) bond motifs is 1. The Hall–Kier alpha value is -2.54. The molecule has 21 heavy (non-hydrogen) atoms. The van der Waals surface area contributed by atoms with Gasteiger partial charge in [-0.1, -0.05) is 5.16 Å². The normalized spacial score (nSPS) is 17.7.